The van der Waals surface area contributed by atoms with Gasteiger partial charge in [0.1, 0.15) is 0 Å². The summed E-state index contributed by atoms with van der Waals surface area (Å²) < 4.78 is 6.63. The van der Waals surface area contributed by atoms with E-state index in [-0.39, 0.29) is 43.3 Å². The van der Waals surface area contributed by atoms with Crippen LogP contribution in [0.1, 0.15) is 13.3 Å². The molecule has 0 aliphatic heterocycles. The van der Waals surface area contributed by atoms with Crippen LogP contribution in [0.5, 0.6) is 0 Å². The summed E-state index contributed by atoms with van der Waals surface area (Å²) in [5, 5.41) is 0. The maximum absolute atomic E-state index is 5.20. The zero-order chi connectivity index (χ0) is 7.56. The Morgan fingerprint density at radius 1 is 1.38 bits per heavy atom. The van der Waals surface area contributed by atoms with Gasteiger partial charge in [0.15, 0.2) is 0 Å². The molecule has 0 bridgehead atoms. The molecule has 0 N–H and O–H groups in total. The van der Waals surface area contributed by atoms with Gasteiger partial charge in [0, 0.05) is 0 Å². The van der Waals surface area contributed by atoms with Crippen molar-refractivity contribution in [1.82, 2.24) is 0 Å². The minimum Gasteiger partial charge on any atom is -0.147 e. The molecule has 0 spiro atoms. The fourth-order valence-electron chi connectivity index (χ4n) is 1.03. The van der Waals surface area contributed by atoms with Crippen LogP contribution in [0.2, 0.25) is 0 Å². The molecule has 0 amide bonds. The van der Waals surface area contributed by atoms with E-state index in [0.717, 1.165) is 6.42 Å². The van der Waals surface area contributed by atoms with Crippen molar-refractivity contribution in [3.8, 4) is 0 Å². The van der Waals surface area contributed by atoms with E-state index in [4.69, 9.17) is 4.74 Å². The van der Waals surface area contributed by atoms with Crippen LogP contribution in [0.25, 0.3) is 0 Å². The van der Waals surface area contributed by atoms with Crippen molar-refractivity contribution >= 4 is 37.2 Å². The number of methoxy groups -OCH3 is 1. The number of ether oxygens (including phenoxy) is 1. The third-order valence-corrected chi connectivity index (χ3v) is 2.53. The van der Waals surface area contributed by atoms with E-state index in [2.05, 4.69) is 39.5 Å². The average molecular weight is 280 g/mol. The Kier molecular flexibility index (Phi) is 14.4. The summed E-state index contributed by atoms with van der Waals surface area (Å²) in [6.45, 7) is 2.08. The van der Waals surface area contributed by atoms with Gasteiger partial charge in [-0.05, 0) is 0 Å². The van der Waals surface area contributed by atoms with E-state index in [9.17, 15) is 0 Å². The molecule has 5 heteroatoms. The van der Waals surface area contributed by atoms with Gasteiger partial charge in [-0.25, -0.2) is 0 Å². The molecule has 0 saturated heterocycles. The molecule has 1 atom stereocenters. The number of allylic oxidation sites excluding steroid dienone is 2. The standard InChI is InChI=1S/C8H11O.3ClH.Ti/c1-7(9-2)8-5-3-4-6-8;;;;/h3,5,7H,4H2,1-2H3;3*1H;. The average Bonchev–Trinajstić information content (AvgIpc) is 2.34. The van der Waals surface area contributed by atoms with Gasteiger partial charge in [-0.2, -0.15) is 0 Å². The third kappa shape index (κ3) is 5.46. The van der Waals surface area contributed by atoms with E-state index >= 15 is 0 Å². The molecule has 0 heterocycles. The Labute approximate surface area is 110 Å². The fraction of sp³-hybridized carbons (Fsp3) is 0.500. The number of rotatable bonds is 2. The molecule has 1 nitrogen and oxygen atoms in total. The predicted molar refractivity (Wildman–Crippen MR) is 59.0 cm³/mol. The molecule has 0 saturated carbocycles. The van der Waals surface area contributed by atoms with Crippen molar-refractivity contribution in [1.29, 1.82) is 0 Å². The van der Waals surface area contributed by atoms with Crippen LogP contribution in [0.4, 0.5) is 0 Å². The van der Waals surface area contributed by atoms with Crippen molar-refractivity contribution in [3.63, 3.8) is 0 Å². The molecule has 13 heavy (non-hydrogen) atoms. The summed E-state index contributed by atoms with van der Waals surface area (Å²) >= 11 is 2.16. The third-order valence-electron chi connectivity index (χ3n) is 1.76. The summed E-state index contributed by atoms with van der Waals surface area (Å²) in [4.78, 5) is 0. The summed E-state index contributed by atoms with van der Waals surface area (Å²) in [6.07, 6.45) is 5.70. The second-order valence-corrected chi connectivity index (χ2v) is 3.36. The normalized spacial score (nSPS) is 15.5. The molecule has 1 aliphatic carbocycles. The molecule has 1 unspecified atom stereocenters. The van der Waals surface area contributed by atoms with Crippen LogP contribution in [-0.2, 0) is 25.2 Å². The van der Waals surface area contributed by atoms with Gasteiger partial charge in [-0.15, -0.1) is 37.2 Å². The van der Waals surface area contributed by atoms with Gasteiger partial charge >= 0.3 is 73.3 Å². The van der Waals surface area contributed by atoms with Crippen molar-refractivity contribution in [3.05, 3.63) is 21.6 Å². The molecule has 0 fully saturated rings. The fourth-order valence-corrected chi connectivity index (χ4v) is 1.66. The molecule has 0 aromatic rings. The zero-order valence-electron chi connectivity index (χ0n) is 7.57. The Morgan fingerprint density at radius 3 is 2.23 bits per heavy atom. The van der Waals surface area contributed by atoms with Crippen molar-refractivity contribution < 1.29 is 25.2 Å². The molecule has 77 valence electrons. The molecule has 0 aromatic heterocycles. The maximum atomic E-state index is 5.20. The van der Waals surface area contributed by atoms with Gasteiger partial charge in [0.05, 0.1) is 0 Å². The first-order valence-corrected chi connectivity index (χ1v) is 4.17. The van der Waals surface area contributed by atoms with Crippen molar-refractivity contribution in [2.75, 3.05) is 7.11 Å². The molecular weight excluding hydrogens is 266 g/mol. The summed E-state index contributed by atoms with van der Waals surface area (Å²) in [6, 6.07) is 0. The Hall–Kier alpha value is 1.02. The van der Waals surface area contributed by atoms with Crippen LogP contribution < -0.4 is 0 Å². The molecule has 0 radical (unpaired) electrons. The van der Waals surface area contributed by atoms with Crippen LogP contribution in [0.3, 0.4) is 0 Å². The summed E-state index contributed by atoms with van der Waals surface area (Å²) in [7, 11) is 1.75. The van der Waals surface area contributed by atoms with Gasteiger partial charge in [0.25, 0.3) is 0 Å². The van der Waals surface area contributed by atoms with E-state index in [1.54, 1.807) is 7.11 Å². The minimum atomic E-state index is 0. The number of hydrogen-bond acceptors (Lipinski definition) is 1. The largest absolute Gasteiger partial charge is 0.147 e. The van der Waals surface area contributed by atoms with Gasteiger partial charge < -0.3 is 0 Å². The Balaban J connectivity index is -0.000000333. The molecule has 1 aliphatic rings. The van der Waals surface area contributed by atoms with E-state index in [1.165, 1.54) is 9.45 Å². The Morgan fingerprint density at radius 2 is 1.92 bits per heavy atom. The number of halogens is 3. The SMILES string of the molecule is COC(C)C1=[C]([Ti])CC=C1.Cl.Cl.Cl. The second kappa shape index (κ2) is 9.57. The van der Waals surface area contributed by atoms with E-state index in [1.807, 2.05) is 0 Å². The molecular formula is C8H14Cl3OTi. The van der Waals surface area contributed by atoms with Crippen molar-refractivity contribution in [2.24, 2.45) is 0 Å². The van der Waals surface area contributed by atoms with Gasteiger partial charge in [-0.1, -0.05) is 0 Å². The smallest absolute Gasteiger partial charge is 0.147 e. The van der Waals surface area contributed by atoms with Crippen molar-refractivity contribution in [2.45, 2.75) is 19.4 Å². The van der Waals surface area contributed by atoms with E-state index < -0.39 is 0 Å². The first kappa shape index (κ1) is 19.6. The Bertz CT molecular complexity index is 192. The van der Waals surface area contributed by atoms with Gasteiger partial charge in [0.2, 0.25) is 0 Å². The topological polar surface area (TPSA) is 9.23 Å². The second-order valence-electron chi connectivity index (χ2n) is 2.42. The molecule has 0 aromatic carbocycles. The predicted octanol–water partition coefficient (Wildman–Crippen LogP) is 3.05. The first-order chi connectivity index (χ1) is 4.75. The monoisotopic (exact) mass is 279 g/mol. The van der Waals surface area contributed by atoms with Crippen LogP contribution in [-0.4, -0.2) is 13.2 Å². The minimum absolute atomic E-state index is 0. The quantitative estimate of drug-likeness (QED) is 0.707. The molecule has 1 rings (SSSR count). The summed E-state index contributed by atoms with van der Waals surface area (Å²) in [5.41, 5.74) is 1.35. The van der Waals surface area contributed by atoms with Gasteiger partial charge in [-0.3, -0.25) is 0 Å². The number of hydrogen-bond donors (Lipinski definition) is 0. The van der Waals surface area contributed by atoms with E-state index in [0.29, 0.717) is 0 Å². The maximum Gasteiger partial charge on any atom is -0.147 e. The zero-order valence-corrected chi connectivity index (χ0v) is 11.6. The summed E-state index contributed by atoms with van der Waals surface area (Å²) in [5.74, 6) is 0. The first-order valence-electron chi connectivity index (χ1n) is 3.39. The van der Waals surface area contributed by atoms with Crippen LogP contribution in [0.15, 0.2) is 21.6 Å². The van der Waals surface area contributed by atoms with Crippen LogP contribution >= 0.6 is 37.2 Å². The van der Waals surface area contributed by atoms with Crippen LogP contribution in [0, 0.1) is 0 Å².